The van der Waals surface area contributed by atoms with E-state index in [0.717, 1.165) is 35.8 Å². The number of nitrogens with zero attached hydrogens (tertiary/aromatic N) is 3. The van der Waals surface area contributed by atoms with Gasteiger partial charge in [0.2, 0.25) is 5.91 Å². The van der Waals surface area contributed by atoms with Crippen LogP contribution in [-0.4, -0.2) is 46.6 Å². The van der Waals surface area contributed by atoms with Crippen LogP contribution in [0.1, 0.15) is 29.4 Å². The smallest absolute Gasteiger partial charge is 0.226 e. The second-order valence-electron chi connectivity index (χ2n) is 6.57. The maximum Gasteiger partial charge on any atom is 0.226 e. The van der Waals surface area contributed by atoms with E-state index in [1.807, 2.05) is 48.7 Å². The minimum Gasteiger partial charge on any atom is -0.493 e. The van der Waals surface area contributed by atoms with E-state index in [-0.39, 0.29) is 11.9 Å². The average Bonchev–Trinajstić information content (AvgIpc) is 3.03. The van der Waals surface area contributed by atoms with Crippen molar-refractivity contribution in [3.63, 3.8) is 0 Å². The molecule has 0 spiro atoms. The van der Waals surface area contributed by atoms with Gasteiger partial charge in [-0.15, -0.1) is 0 Å². The van der Waals surface area contributed by atoms with Crippen LogP contribution >= 0.6 is 0 Å². The molecule has 1 aliphatic rings. The van der Waals surface area contributed by atoms with Crippen LogP contribution in [0, 0.1) is 13.8 Å². The number of aryl methyl sites for hydroxylation is 3. The first-order chi connectivity index (χ1) is 12.1. The molecular formula is C19H26N4O2. The van der Waals surface area contributed by atoms with Gasteiger partial charge in [0.05, 0.1) is 13.0 Å². The van der Waals surface area contributed by atoms with E-state index in [1.54, 1.807) is 6.20 Å². The molecule has 2 heterocycles. The summed E-state index contributed by atoms with van der Waals surface area (Å²) >= 11 is 0. The number of benzene rings is 1. The second-order valence-corrected chi connectivity index (χ2v) is 6.57. The van der Waals surface area contributed by atoms with Crippen molar-refractivity contribution >= 4 is 5.91 Å². The van der Waals surface area contributed by atoms with Crippen LogP contribution < -0.4 is 10.1 Å². The third kappa shape index (κ3) is 4.02. The molecule has 0 saturated carbocycles. The quantitative estimate of drug-likeness (QED) is 0.903. The normalized spacial score (nSPS) is 17.6. The van der Waals surface area contributed by atoms with Crippen LogP contribution in [0.2, 0.25) is 0 Å². The molecular weight excluding hydrogens is 316 g/mol. The summed E-state index contributed by atoms with van der Waals surface area (Å²) in [5.74, 6) is 1.88. The van der Waals surface area contributed by atoms with Crippen LogP contribution in [0.4, 0.5) is 0 Å². The third-order valence-corrected chi connectivity index (χ3v) is 4.64. The molecule has 1 atom stereocenters. The van der Waals surface area contributed by atoms with Gasteiger partial charge in [0.15, 0.2) is 0 Å². The van der Waals surface area contributed by atoms with E-state index >= 15 is 0 Å². The summed E-state index contributed by atoms with van der Waals surface area (Å²) in [5, 5.41) is 3.35. The number of aromatic nitrogens is 2. The highest BCUT2D eigenvalue weighted by molar-refractivity contribution is 5.77. The standard InChI is InChI=1S/C19H26N4O2/c1-14-4-5-15(2)17(12-14)25-11-6-18(24)23-10-7-20-13-16(23)19-21-8-9-22(19)3/h4-5,8-9,12,16,20H,6-7,10-11,13H2,1-3H3. The second kappa shape index (κ2) is 7.70. The SMILES string of the molecule is Cc1ccc(C)c(OCCC(=O)N2CCNCC2c2nccn2C)c1. The fourth-order valence-electron chi connectivity index (χ4n) is 3.19. The van der Waals surface area contributed by atoms with Gasteiger partial charge in [-0.2, -0.15) is 0 Å². The maximum absolute atomic E-state index is 12.7. The zero-order valence-electron chi connectivity index (χ0n) is 15.2. The van der Waals surface area contributed by atoms with Crippen molar-refractivity contribution in [2.45, 2.75) is 26.3 Å². The molecule has 0 aliphatic carbocycles. The van der Waals surface area contributed by atoms with Gasteiger partial charge in [-0.05, 0) is 31.0 Å². The number of ether oxygens (including phenoxy) is 1. The highest BCUT2D eigenvalue weighted by Gasteiger charge is 2.30. The summed E-state index contributed by atoms with van der Waals surface area (Å²) < 4.78 is 7.82. The van der Waals surface area contributed by atoms with E-state index < -0.39 is 0 Å². The first kappa shape index (κ1) is 17.5. The minimum atomic E-state index is -0.0260. The largest absolute Gasteiger partial charge is 0.493 e. The molecule has 1 amide bonds. The molecule has 0 bridgehead atoms. The summed E-state index contributed by atoms with van der Waals surface area (Å²) in [4.78, 5) is 19.1. The zero-order valence-corrected chi connectivity index (χ0v) is 15.2. The highest BCUT2D eigenvalue weighted by atomic mass is 16.5. The number of carbonyl (C=O) groups is 1. The van der Waals surface area contributed by atoms with Crippen molar-refractivity contribution in [1.82, 2.24) is 19.8 Å². The van der Waals surface area contributed by atoms with Crippen LogP contribution in [0.25, 0.3) is 0 Å². The molecule has 2 aromatic rings. The van der Waals surface area contributed by atoms with E-state index in [4.69, 9.17) is 4.74 Å². The fraction of sp³-hybridized carbons (Fsp3) is 0.474. The third-order valence-electron chi connectivity index (χ3n) is 4.64. The molecule has 134 valence electrons. The predicted octanol–water partition coefficient (Wildman–Crippen LogP) is 1.98. The summed E-state index contributed by atoms with van der Waals surface area (Å²) in [5.41, 5.74) is 2.25. The lowest BCUT2D eigenvalue weighted by Gasteiger charge is -2.35. The molecule has 1 saturated heterocycles. The van der Waals surface area contributed by atoms with E-state index in [2.05, 4.69) is 16.4 Å². The molecule has 0 radical (unpaired) electrons. The van der Waals surface area contributed by atoms with Gasteiger partial charge in [0, 0.05) is 39.1 Å². The molecule has 1 aromatic carbocycles. The molecule has 1 fully saturated rings. The molecule has 1 unspecified atom stereocenters. The number of imidazole rings is 1. The maximum atomic E-state index is 12.7. The number of nitrogens with one attached hydrogen (secondary N) is 1. The Hall–Kier alpha value is -2.34. The number of amides is 1. The van der Waals surface area contributed by atoms with Crippen molar-refractivity contribution in [1.29, 1.82) is 0 Å². The van der Waals surface area contributed by atoms with Crippen molar-refractivity contribution in [2.24, 2.45) is 7.05 Å². The van der Waals surface area contributed by atoms with E-state index in [0.29, 0.717) is 19.6 Å². The van der Waals surface area contributed by atoms with Crippen LogP contribution in [0.15, 0.2) is 30.6 Å². The van der Waals surface area contributed by atoms with Crippen LogP contribution in [0.3, 0.4) is 0 Å². The predicted molar refractivity (Wildman–Crippen MR) is 96.6 cm³/mol. The van der Waals surface area contributed by atoms with Gasteiger partial charge < -0.3 is 19.5 Å². The minimum absolute atomic E-state index is 0.0260. The van der Waals surface area contributed by atoms with Gasteiger partial charge in [0.25, 0.3) is 0 Å². The lowest BCUT2D eigenvalue weighted by molar-refractivity contribution is -0.135. The molecule has 1 N–H and O–H groups in total. The molecule has 1 aromatic heterocycles. The number of hydrogen-bond donors (Lipinski definition) is 1. The molecule has 25 heavy (non-hydrogen) atoms. The van der Waals surface area contributed by atoms with Crippen molar-refractivity contribution in [2.75, 3.05) is 26.2 Å². The molecule has 6 nitrogen and oxygen atoms in total. The van der Waals surface area contributed by atoms with Gasteiger partial charge in [-0.25, -0.2) is 4.98 Å². The van der Waals surface area contributed by atoms with E-state index in [9.17, 15) is 4.79 Å². The first-order valence-corrected chi connectivity index (χ1v) is 8.73. The monoisotopic (exact) mass is 342 g/mol. The van der Waals surface area contributed by atoms with Crippen molar-refractivity contribution in [3.8, 4) is 5.75 Å². The molecule has 3 rings (SSSR count). The zero-order chi connectivity index (χ0) is 17.8. The number of piperazine rings is 1. The van der Waals surface area contributed by atoms with Crippen LogP contribution in [0.5, 0.6) is 5.75 Å². The average molecular weight is 342 g/mol. The highest BCUT2D eigenvalue weighted by Crippen LogP contribution is 2.22. The Morgan fingerprint density at radius 2 is 2.24 bits per heavy atom. The van der Waals surface area contributed by atoms with Gasteiger partial charge in [-0.3, -0.25) is 4.79 Å². The molecule has 6 heteroatoms. The number of rotatable bonds is 5. The van der Waals surface area contributed by atoms with Crippen molar-refractivity contribution in [3.05, 3.63) is 47.5 Å². The summed E-state index contributed by atoms with van der Waals surface area (Å²) in [7, 11) is 1.96. The Morgan fingerprint density at radius 1 is 1.40 bits per heavy atom. The Labute approximate surface area is 148 Å². The Balaban J connectivity index is 1.61. The topological polar surface area (TPSA) is 59.4 Å². The van der Waals surface area contributed by atoms with Gasteiger partial charge in [-0.1, -0.05) is 12.1 Å². The number of carbonyl (C=O) groups excluding carboxylic acids is 1. The van der Waals surface area contributed by atoms with Gasteiger partial charge >= 0.3 is 0 Å². The number of hydrogen-bond acceptors (Lipinski definition) is 4. The van der Waals surface area contributed by atoms with Gasteiger partial charge in [0.1, 0.15) is 17.6 Å². The lowest BCUT2D eigenvalue weighted by Crippen LogP contribution is -2.49. The first-order valence-electron chi connectivity index (χ1n) is 8.73. The van der Waals surface area contributed by atoms with E-state index in [1.165, 1.54) is 0 Å². The summed E-state index contributed by atoms with van der Waals surface area (Å²) in [6, 6.07) is 6.09. The Kier molecular flexibility index (Phi) is 5.38. The fourth-order valence-corrected chi connectivity index (χ4v) is 3.19. The lowest BCUT2D eigenvalue weighted by atomic mass is 10.1. The van der Waals surface area contributed by atoms with Crippen LogP contribution in [-0.2, 0) is 11.8 Å². The Bertz CT molecular complexity index is 741. The van der Waals surface area contributed by atoms with Crippen molar-refractivity contribution < 1.29 is 9.53 Å². The summed E-state index contributed by atoms with van der Waals surface area (Å²) in [6.07, 6.45) is 4.06. The summed E-state index contributed by atoms with van der Waals surface area (Å²) in [6.45, 7) is 6.68. The Morgan fingerprint density at radius 3 is 3.00 bits per heavy atom. The molecule has 1 aliphatic heterocycles.